The van der Waals surface area contributed by atoms with E-state index in [-0.39, 0.29) is 5.78 Å². The molecule has 1 aliphatic carbocycles. The highest BCUT2D eigenvalue weighted by Crippen LogP contribution is 2.29. The lowest BCUT2D eigenvalue weighted by Crippen LogP contribution is -2.42. The van der Waals surface area contributed by atoms with Gasteiger partial charge >= 0.3 is 5.97 Å². The minimum Gasteiger partial charge on any atom is -0.468 e. The minimum atomic E-state index is -1.13. The second kappa shape index (κ2) is 9.18. The van der Waals surface area contributed by atoms with Crippen molar-refractivity contribution < 1.29 is 23.9 Å². The van der Waals surface area contributed by atoms with Gasteiger partial charge < -0.3 is 9.47 Å². The molecule has 5 nitrogen and oxygen atoms in total. The second-order valence-electron chi connectivity index (χ2n) is 5.51. The summed E-state index contributed by atoms with van der Waals surface area (Å²) in [6.07, 6.45) is 10.2. The molecule has 22 heavy (non-hydrogen) atoms. The fourth-order valence-electron chi connectivity index (χ4n) is 2.57. The molecule has 0 bridgehead atoms. The second-order valence-corrected chi connectivity index (χ2v) is 5.51. The molecule has 1 unspecified atom stereocenters. The predicted octanol–water partition coefficient (Wildman–Crippen LogP) is 2.89. The van der Waals surface area contributed by atoms with E-state index in [2.05, 4.69) is 4.74 Å². The van der Waals surface area contributed by atoms with Gasteiger partial charge in [0.05, 0.1) is 6.61 Å². The van der Waals surface area contributed by atoms with E-state index in [4.69, 9.17) is 4.74 Å². The maximum atomic E-state index is 12.4. The molecule has 0 aromatic heterocycles. The van der Waals surface area contributed by atoms with Crippen LogP contribution in [-0.4, -0.2) is 30.4 Å². The lowest BCUT2D eigenvalue weighted by Gasteiger charge is -2.30. The molecule has 122 valence electrons. The number of Topliss-reactive ketones (excluding diaryl/α,β-unsaturated/α-hetero) is 1. The van der Waals surface area contributed by atoms with Crippen molar-refractivity contribution in [1.29, 1.82) is 0 Å². The van der Waals surface area contributed by atoms with E-state index >= 15 is 0 Å². The number of unbranched alkanes of at least 4 members (excludes halogenated alkanes) is 4. The first-order chi connectivity index (χ1) is 10.5. The number of carbonyl (C=O) groups is 3. The molecule has 0 saturated heterocycles. The number of ketones is 1. The molecule has 1 aliphatic rings. The first-order valence-corrected chi connectivity index (χ1v) is 7.67. The molecule has 0 aromatic carbocycles. The highest BCUT2D eigenvalue weighted by molar-refractivity contribution is 6.05. The van der Waals surface area contributed by atoms with Gasteiger partial charge in [0, 0.05) is 6.92 Å². The largest absolute Gasteiger partial charge is 0.468 e. The van der Waals surface area contributed by atoms with Gasteiger partial charge in [0.2, 0.25) is 5.78 Å². The van der Waals surface area contributed by atoms with E-state index in [0.717, 1.165) is 32.1 Å². The van der Waals surface area contributed by atoms with E-state index in [0.29, 0.717) is 25.1 Å². The Morgan fingerprint density at radius 2 is 1.91 bits per heavy atom. The summed E-state index contributed by atoms with van der Waals surface area (Å²) in [6, 6.07) is 0. The Hall–Kier alpha value is -1.91. The lowest BCUT2D eigenvalue weighted by molar-refractivity contribution is -0.159. The number of hydrogen-bond donors (Lipinski definition) is 0. The Morgan fingerprint density at radius 1 is 1.23 bits per heavy atom. The van der Waals surface area contributed by atoms with Crippen molar-refractivity contribution in [2.75, 3.05) is 6.61 Å². The molecule has 0 N–H and O–H groups in total. The quantitative estimate of drug-likeness (QED) is 0.352. The van der Waals surface area contributed by atoms with Crippen LogP contribution >= 0.6 is 0 Å². The predicted molar refractivity (Wildman–Crippen MR) is 82.1 cm³/mol. The Labute approximate surface area is 131 Å². The summed E-state index contributed by atoms with van der Waals surface area (Å²) < 4.78 is 9.97. The summed E-state index contributed by atoms with van der Waals surface area (Å²) in [5.41, 5.74) is -0.527. The SMILES string of the molecule is CC(=O)OC1(CCCCCCCOC=O)C=CC=C(C)C1=O. The van der Waals surface area contributed by atoms with Crippen LogP contribution in [0, 0.1) is 0 Å². The van der Waals surface area contributed by atoms with Crippen molar-refractivity contribution in [2.24, 2.45) is 0 Å². The molecule has 0 fully saturated rings. The minimum absolute atomic E-state index is 0.135. The van der Waals surface area contributed by atoms with Crippen LogP contribution in [0.25, 0.3) is 0 Å². The Balaban J connectivity index is 2.42. The molecule has 0 heterocycles. The van der Waals surface area contributed by atoms with E-state index in [9.17, 15) is 14.4 Å². The molecule has 0 amide bonds. The summed E-state index contributed by atoms with van der Waals surface area (Å²) in [5, 5.41) is 0. The van der Waals surface area contributed by atoms with Gasteiger partial charge in [-0.05, 0) is 37.8 Å². The summed E-state index contributed by atoms with van der Waals surface area (Å²) in [5.74, 6) is -0.580. The molecule has 0 aliphatic heterocycles. The Kier molecular flexibility index (Phi) is 7.57. The number of carbonyl (C=O) groups excluding carboxylic acids is 3. The van der Waals surface area contributed by atoms with Crippen molar-refractivity contribution >= 4 is 18.2 Å². The molecule has 0 radical (unpaired) electrons. The van der Waals surface area contributed by atoms with Gasteiger partial charge in [-0.25, -0.2) is 0 Å². The first kappa shape index (κ1) is 18.1. The van der Waals surface area contributed by atoms with Crippen LogP contribution in [0.4, 0.5) is 0 Å². The van der Waals surface area contributed by atoms with Crippen LogP contribution in [0.3, 0.4) is 0 Å². The number of esters is 1. The zero-order valence-corrected chi connectivity index (χ0v) is 13.3. The molecular formula is C17H24O5. The van der Waals surface area contributed by atoms with E-state index in [1.165, 1.54) is 6.92 Å². The lowest BCUT2D eigenvalue weighted by atomic mass is 9.84. The Morgan fingerprint density at radius 3 is 2.59 bits per heavy atom. The monoisotopic (exact) mass is 308 g/mol. The van der Waals surface area contributed by atoms with Crippen LogP contribution in [0.1, 0.15) is 52.4 Å². The van der Waals surface area contributed by atoms with Crippen LogP contribution in [0.2, 0.25) is 0 Å². The van der Waals surface area contributed by atoms with Crippen molar-refractivity contribution in [2.45, 2.75) is 58.0 Å². The molecular weight excluding hydrogens is 284 g/mol. The van der Waals surface area contributed by atoms with Gasteiger partial charge in [-0.3, -0.25) is 14.4 Å². The number of allylic oxidation sites excluding steroid dienone is 2. The van der Waals surface area contributed by atoms with Crippen molar-refractivity contribution in [3.8, 4) is 0 Å². The van der Waals surface area contributed by atoms with Crippen molar-refractivity contribution in [3.63, 3.8) is 0 Å². The Bertz CT molecular complexity index is 464. The van der Waals surface area contributed by atoms with Crippen molar-refractivity contribution in [3.05, 3.63) is 23.8 Å². The van der Waals surface area contributed by atoms with Gasteiger partial charge in [-0.1, -0.05) is 31.4 Å². The summed E-state index contributed by atoms with van der Waals surface area (Å²) >= 11 is 0. The van der Waals surface area contributed by atoms with Crippen LogP contribution in [0.5, 0.6) is 0 Å². The average molecular weight is 308 g/mol. The van der Waals surface area contributed by atoms with Gasteiger partial charge in [0.1, 0.15) is 0 Å². The number of ether oxygens (including phenoxy) is 2. The average Bonchev–Trinajstić information content (AvgIpc) is 2.47. The van der Waals surface area contributed by atoms with E-state index < -0.39 is 11.6 Å². The molecule has 0 saturated carbocycles. The number of rotatable bonds is 10. The zero-order valence-electron chi connectivity index (χ0n) is 13.3. The topological polar surface area (TPSA) is 69.7 Å². The molecule has 0 aromatic rings. The molecule has 1 atom stereocenters. The third-order valence-electron chi connectivity index (χ3n) is 3.66. The van der Waals surface area contributed by atoms with Crippen molar-refractivity contribution in [1.82, 2.24) is 0 Å². The highest BCUT2D eigenvalue weighted by Gasteiger charge is 2.40. The smallest absolute Gasteiger partial charge is 0.303 e. The fourth-order valence-corrected chi connectivity index (χ4v) is 2.57. The standard InChI is InChI=1S/C17H24O5/c1-14-9-8-11-17(16(14)20,22-15(2)19)10-6-4-3-5-7-12-21-13-18/h8-9,11,13H,3-7,10,12H2,1-2H3. The van der Waals surface area contributed by atoms with E-state index in [1.54, 1.807) is 25.2 Å². The maximum absolute atomic E-state index is 12.4. The van der Waals surface area contributed by atoms with Gasteiger partial charge in [-0.2, -0.15) is 0 Å². The molecule has 1 rings (SSSR count). The zero-order chi connectivity index (χ0) is 16.4. The molecule has 0 spiro atoms. The van der Waals surface area contributed by atoms with Gasteiger partial charge in [0.15, 0.2) is 5.60 Å². The van der Waals surface area contributed by atoms with Gasteiger partial charge in [-0.15, -0.1) is 0 Å². The summed E-state index contributed by atoms with van der Waals surface area (Å²) in [7, 11) is 0. The summed E-state index contributed by atoms with van der Waals surface area (Å²) in [6.45, 7) is 3.96. The maximum Gasteiger partial charge on any atom is 0.303 e. The van der Waals surface area contributed by atoms with Crippen LogP contribution in [-0.2, 0) is 23.9 Å². The first-order valence-electron chi connectivity index (χ1n) is 7.67. The van der Waals surface area contributed by atoms with Gasteiger partial charge in [0.25, 0.3) is 6.47 Å². The third-order valence-corrected chi connectivity index (χ3v) is 3.66. The van der Waals surface area contributed by atoms with Crippen LogP contribution in [0.15, 0.2) is 23.8 Å². The molecule has 5 heteroatoms. The fraction of sp³-hybridized carbons (Fsp3) is 0.588. The number of hydrogen-bond acceptors (Lipinski definition) is 5. The van der Waals surface area contributed by atoms with Crippen LogP contribution < -0.4 is 0 Å². The normalized spacial score (nSPS) is 20.5. The van der Waals surface area contributed by atoms with E-state index in [1.807, 2.05) is 0 Å². The highest BCUT2D eigenvalue weighted by atomic mass is 16.6. The summed E-state index contributed by atoms with van der Waals surface area (Å²) in [4.78, 5) is 33.7. The third kappa shape index (κ3) is 5.47.